The second kappa shape index (κ2) is 9.09. The van der Waals surface area contributed by atoms with Crippen molar-refractivity contribution >= 4 is 45.0 Å². The molecule has 2 N–H and O–H groups in total. The molecule has 0 unspecified atom stereocenters. The molecular weight excluding hydrogens is 438 g/mol. The summed E-state index contributed by atoms with van der Waals surface area (Å²) in [6, 6.07) is 12.5. The zero-order valence-corrected chi connectivity index (χ0v) is 17.8. The third-order valence-electron chi connectivity index (χ3n) is 4.22. The van der Waals surface area contributed by atoms with Gasteiger partial charge < -0.3 is 15.4 Å². The highest BCUT2D eigenvalue weighted by atomic mass is 79.9. The van der Waals surface area contributed by atoms with Crippen LogP contribution in [0.15, 0.2) is 46.9 Å². The molecule has 152 valence electrons. The first-order valence-corrected chi connectivity index (χ1v) is 10.0. The maximum Gasteiger partial charge on any atom is 0.265 e. The first-order valence-electron chi connectivity index (χ1n) is 9.22. The number of nitrogens with zero attached hydrogens (tertiary/aromatic N) is 1. The minimum atomic E-state index is -0.320. The molecule has 0 radical (unpaired) electrons. The average molecular weight is 460 g/mol. The number of carbonyl (C=O) groups is 3. The Hall–Kier alpha value is -2.87. The second-order valence-electron chi connectivity index (χ2n) is 7.02. The van der Waals surface area contributed by atoms with E-state index in [4.69, 9.17) is 4.74 Å². The number of anilines is 2. The van der Waals surface area contributed by atoms with Crippen molar-refractivity contribution in [1.29, 1.82) is 0 Å². The Morgan fingerprint density at radius 2 is 1.86 bits per heavy atom. The molecule has 29 heavy (non-hydrogen) atoms. The molecule has 3 amide bonds. The molecule has 2 aromatic carbocycles. The number of carbonyl (C=O) groups excluding carboxylic acids is 3. The number of fused-ring (bicyclic) bond motifs is 1. The Labute approximate surface area is 177 Å². The molecule has 0 aromatic heterocycles. The van der Waals surface area contributed by atoms with Crippen molar-refractivity contribution in [2.75, 3.05) is 23.4 Å². The van der Waals surface area contributed by atoms with E-state index >= 15 is 0 Å². The number of amides is 3. The monoisotopic (exact) mass is 459 g/mol. The molecule has 7 nitrogen and oxygen atoms in total. The molecular formula is C21H22BrN3O4. The zero-order chi connectivity index (χ0) is 21.0. The summed E-state index contributed by atoms with van der Waals surface area (Å²) in [6.07, 6.45) is 0.279. The van der Waals surface area contributed by atoms with Gasteiger partial charge in [0.1, 0.15) is 12.3 Å². The fourth-order valence-corrected chi connectivity index (χ4v) is 3.30. The van der Waals surface area contributed by atoms with Crippen LogP contribution in [0.1, 0.15) is 19.4 Å². The molecule has 0 atom stereocenters. The molecule has 3 rings (SSSR count). The van der Waals surface area contributed by atoms with Crippen molar-refractivity contribution in [3.8, 4) is 5.75 Å². The van der Waals surface area contributed by atoms with Crippen LogP contribution in [0.3, 0.4) is 0 Å². The number of ether oxygens (including phenoxy) is 1. The van der Waals surface area contributed by atoms with Gasteiger partial charge in [-0.25, -0.2) is 0 Å². The fraction of sp³-hybridized carbons (Fsp3) is 0.286. The molecule has 0 aliphatic carbocycles. The van der Waals surface area contributed by atoms with Gasteiger partial charge >= 0.3 is 0 Å². The van der Waals surface area contributed by atoms with Crippen LogP contribution in [0.2, 0.25) is 0 Å². The first kappa shape index (κ1) is 20.9. The van der Waals surface area contributed by atoms with E-state index in [9.17, 15) is 14.4 Å². The number of benzene rings is 2. The summed E-state index contributed by atoms with van der Waals surface area (Å²) in [4.78, 5) is 37.9. The topological polar surface area (TPSA) is 87.7 Å². The lowest BCUT2D eigenvalue weighted by atomic mass is 10.1. The van der Waals surface area contributed by atoms with Crippen molar-refractivity contribution in [1.82, 2.24) is 5.32 Å². The molecule has 1 aliphatic heterocycles. The summed E-state index contributed by atoms with van der Waals surface area (Å²) in [6.45, 7) is 3.60. The highest BCUT2D eigenvalue weighted by Crippen LogP contribution is 2.34. The lowest BCUT2D eigenvalue weighted by Gasteiger charge is -2.29. The van der Waals surface area contributed by atoms with E-state index in [2.05, 4.69) is 26.6 Å². The van der Waals surface area contributed by atoms with E-state index in [1.807, 2.05) is 13.8 Å². The van der Waals surface area contributed by atoms with Gasteiger partial charge in [-0.1, -0.05) is 28.1 Å². The Balaban J connectivity index is 1.61. The second-order valence-corrected chi connectivity index (χ2v) is 7.94. The highest BCUT2D eigenvalue weighted by molar-refractivity contribution is 9.10. The van der Waals surface area contributed by atoms with E-state index in [-0.39, 0.29) is 43.3 Å². The van der Waals surface area contributed by atoms with E-state index in [1.54, 1.807) is 42.5 Å². The van der Waals surface area contributed by atoms with Gasteiger partial charge in [-0.15, -0.1) is 0 Å². The van der Waals surface area contributed by atoms with Crippen LogP contribution >= 0.6 is 15.9 Å². The van der Waals surface area contributed by atoms with Crippen LogP contribution in [0, 0.1) is 0 Å². The quantitative estimate of drug-likeness (QED) is 0.694. The van der Waals surface area contributed by atoms with Crippen LogP contribution in [-0.4, -0.2) is 36.9 Å². The van der Waals surface area contributed by atoms with Crippen molar-refractivity contribution < 1.29 is 19.1 Å². The normalized spacial score (nSPS) is 13.0. The van der Waals surface area contributed by atoms with E-state index < -0.39 is 0 Å². The lowest BCUT2D eigenvalue weighted by Crippen LogP contribution is -2.43. The summed E-state index contributed by atoms with van der Waals surface area (Å²) < 4.78 is 6.26. The molecule has 0 saturated carbocycles. The number of hydrogen-bond acceptors (Lipinski definition) is 4. The summed E-state index contributed by atoms with van der Waals surface area (Å²) in [7, 11) is 0. The molecule has 2 aromatic rings. The predicted octanol–water partition coefficient (Wildman–Crippen LogP) is 2.88. The highest BCUT2D eigenvalue weighted by Gasteiger charge is 2.27. The smallest absolute Gasteiger partial charge is 0.265 e. The Kier molecular flexibility index (Phi) is 6.53. The number of nitrogens with one attached hydrogen (secondary N) is 2. The third kappa shape index (κ3) is 5.57. The Bertz CT molecular complexity index is 928. The fourth-order valence-electron chi connectivity index (χ4n) is 2.96. The lowest BCUT2D eigenvalue weighted by molar-refractivity contribution is -0.123. The van der Waals surface area contributed by atoms with Crippen LogP contribution in [0.4, 0.5) is 11.4 Å². The molecule has 0 saturated heterocycles. The Morgan fingerprint density at radius 3 is 2.55 bits per heavy atom. The van der Waals surface area contributed by atoms with Crippen LogP contribution in [0.25, 0.3) is 0 Å². The zero-order valence-electron chi connectivity index (χ0n) is 16.2. The Morgan fingerprint density at radius 1 is 1.14 bits per heavy atom. The molecule has 0 spiro atoms. The van der Waals surface area contributed by atoms with Gasteiger partial charge in [0.05, 0.1) is 12.1 Å². The molecule has 1 heterocycles. The van der Waals surface area contributed by atoms with Crippen molar-refractivity contribution in [2.45, 2.75) is 26.3 Å². The van der Waals surface area contributed by atoms with Gasteiger partial charge in [-0.2, -0.15) is 0 Å². The molecule has 8 heteroatoms. The van der Waals surface area contributed by atoms with Gasteiger partial charge in [-0.3, -0.25) is 19.3 Å². The standard InChI is InChI=1S/C21H22BrN3O4/c1-13(2)23-19(26)9-14-3-6-16(7-4-14)24-20(27)11-25-17-8-5-15(22)10-18(17)29-12-21(25)28/h3-8,10,13H,9,11-12H2,1-2H3,(H,23,26)(H,24,27). The molecule has 0 bridgehead atoms. The number of halogens is 1. The van der Waals surface area contributed by atoms with Crippen molar-refractivity contribution in [2.24, 2.45) is 0 Å². The molecule has 0 fully saturated rings. The largest absolute Gasteiger partial charge is 0.482 e. The number of hydrogen-bond donors (Lipinski definition) is 2. The van der Waals surface area contributed by atoms with Gasteiger partial charge in [0.25, 0.3) is 5.91 Å². The average Bonchev–Trinajstić information content (AvgIpc) is 2.65. The van der Waals surface area contributed by atoms with Crippen LogP contribution < -0.4 is 20.3 Å². The van der Waals surface area contributed by atoms with E-state index in [0.717, 1.165) is 10.0 Å². The SMILES string of the molecule is CC(C)NC(=O)Cc1ccc(NC(=O)CN2C(=O)COc3cc(Br)ccc32)cc1. The minimum Gasteiger partial charge on any atom is -0.482 e. The van der Waals surface area contributed by atoms with Gasteiger partial charge in [0.15, 0.2) is 6.61 Å². The van der Waals surface area contributed by atoms with Gasteiger partial charge in [-0.05, 0) is 49.7 Å². The van der Waals surface area contributed by atoms with Crippen LogP contribution in [-0.2, 0) is 20.8 Å². The summed E-state index contributed by atoms with van der Waals surface area (Å²) >= 11 is 3.36. The minimum absolute atomic E-state index is 0.0482. The first-order chi connectivity index (χ1) is 13.8. The molecule has 1 aliphatic rings. The van der Waals surface area contributed by atoms with Crippen LogP contribution in [0.5, 0.6) is 5.75 Å². The maximum absolute atomic E-state index is 12.5. The van der Waals surface area contributed by atoms with E-state index in [0.29, 0.717) is 17.1 Å². The van der Waals surface area contributed by atoms with Gasteiger partial charge in [0.2, 0.25) is 11.8 Å². The van der Waals surface area contributed by atoms with E-state index in [1.165, 1.54) is 4.90 Å². The summed E-state index contributed by atoms with van der Waals surface area (Å²) in [5.41, 5.74) is 2.01. The third-order valence-corrected chi connectivity index (χ3v) is 4.71. The van der Waals surface area contributed by atoms with Crippen molar-refractivity contribution in [3.05, 3.63) is 52.5 Å². The summed E-state index contributed by atoms with van der Waals surface area (Å²) in [5, 5.41) is 5.62. The van der Waals surface area contributed by atoms with Crippen molar-refractivity contribution in [3.63, 3.8) is 0 Å². The predicted molar refractivity (Wildman–Crippen MR) is 114 cm³/mol. The van der Waals surface area contributed by atoms with Gasteiger partial charge in [0, 0.05) is 16.2 Å². The maximum atomic E-state index is 12.5. The summed E-state index contributed by atoms with van der Waals surface area (Å²) in [5.74, 6) is -0.0929. The number of rotatable bonds is 6.